The zero-order valence-electron chi connectivity index (χ0n) is 15.5. The highest BCUT2D eigenvalue weighted by atomic mass is 15.2. The third-order valence-corrected chi connectivity index (χ3v) is 5.36. The SMILES string of the molecule is CC(C)CN(CC(C)C)C1(CN)CCCC(C(C)C)CC1. The summed E-state index contributed by atoms with van der Waals surface area (Å²) in [5.74, 6) is 3.16. The van der Waals surface area contributed by atoms with E-state index in [0.29, 0.717) is 0 Å². The lowest BCUT2D eigenvalue weighted by Crippen LogP contribution is -2.55. The average Bonchev–Trinajstić information content (AvgIpc) is 2.60. The van der Waals surface area contributed by atoms with E-state index in [2.05, 4.69) is 46.4 Å². The van der Waals surface area contributed by atoms with Gasteiger partial charge in [0, 0.05) is 25.2 Å². The van der Waals surface area contributed by atoms with Gasteiger partial charge in [-0.15, -0.1) is 0 Å². The fourth-order valence-electron chi connectivity index (χ4n) is 4.08. The van der Waals surface area contributed by atoms with Crippen molar-refractivity contribution in [2.45, 2.75) is 79.2 Å². The summed E-state index contributed by atoms with van der Waals surface area (Å²) in [5.41, 5.74) is 6.60. The van der Waals surface area contributed by atoms with E-state index in [1.54, 1.807) is 0 Å². The van der Waals surface area contributed by atoms with E-state index in [0.717, 1.165) is 30.2 Å². The van der Waals surface area contributed by atoms with E-state index in [9.17, 15) is 0 Å². The molecule has 2 atom stereocenters. The Balaban J connectivity index is 2.87. The molecule has 2 N–H and O–H groups in total. The Morgan fingerprint density at radius 3 is 1.95 bits per heavy atom. The summed E-state index contributed by atoms with van der Waals surface area (Å²) in [6.07, 6.45) is 6.71. The minimum atomic E-state index is 0.262. The fraction of sp³-hybridized carbons (Fsp3) is 1.00. The van der Waals surface area contributed by atoms with Gasteiger partial charge in [-0.2, -0.15) is 0 Å². The molecule has 0 aromatic heterocycles. The highest BCUT2D eigenvalue weighted by Gasteiger charge is 2.38. The van der Waals surface area contributed by atoms with Crippen molar-refractivity contribution in [3.8, 4) is 0 Å². The standard InChI is InChI=1S/C19H40N2/c1-15(2)12-21(13-16(3)4)19(14-20)10-7-8-18(9-11-19)17(5)6/h15-18H,7-14,20H2,1-6H3. The molecule has 0 saturated heterocycles. The second-order valence-corrected chi connectivity index (χ2v) is 8.56. The molecule has 0 aromatic rings. The van der Waals surface area contributed by atoms with Crippen LogP contribution in [0.5, 0.6) is 0 Å². The molecule has 126 valence electrons. The highest BCUT2D eigenvalue weighted by Crippen LogP contribution is 2.37. The van der Waals surface area contributed by atoms with Crippen LogP contribution in [0.25, 0.3) is 0 Å². The molecule has 21 heavy (non-hydrogen) atoms. The van der Waals surface area contributed by atoms with E-state index in [1.165, 1.54) is 45.2 Å². The second kappa shape index (κ2) is 8.53. The van der Waals surface area contributed by atoms with Gasteiger partial charge in [0.15, 0.2) is 0 Å². The largest absolute Gasteiger partial charge is 0.329 e. The van der Waals surface area contributed by atoms with Crippen molar-refractivity contribution in [2.75, 3.05) is 19.6 Å². The maximum Gasteiger partial charge on any atom is 0.0332 e. The third kappa shape index (κ3) is 5.56. The molecule has 0 spiro atoms. The first-order valence-corrected chi connectivity index (χ1v) is 9.26. The van der Waals surface area contributed by atoms with Gasteiger partial charge in [0.25, 0.3) is 0 Å². The Kier molecular flexibility index (Phi) is 7.70. The Morgan fingerprint density at radius 1 is 0.952 bits per heavy atom. The smallest absolute Gasteiger partial charge is 0.0332 e. The van der Waals surface area contributed by atoms with Crippen LogP contribution in [0.15, 0.2) is 0 Å². The van der Waals surface area contributed by atoms with Gasteiger partial charge >= 0.3 is 0 Å². The molecule has 0 heterocycles. The molecule has 1 aliphatic rings. The van der Waals surface area contributed by atoms with Gasteiger partial charge in [0.1, 0.15) is 0 Å². The van der Waals surface area contributed by atoms with E-state index in [-0.39, 0.29) is 5.54 Å². The monoisotopic (exact) mass is 296 g/mol. The lowest BCUT2D eigenvalue weighted by Gasteiger charge is -2.45. The van der Waals surface area contributed by atoms with Gasteiger partial charge in [-0.05, 0) is 42.9 Å². The van der Waals surface area contributed by atoms with Crippen molar-refractivity contribution in [3.63, 3.8) is 0 Å². The first-order chi connectivity index (χ1) is 9.80. The van der Waals surface area contributed by atoms with Gasteiger partial charge < -0.3 is 5.73 Å². The molecule has 0 aromatic carbocycles. The maximum absolute atomic E-state index is 6.34. The molecular formula is C19H40N2. The minimum absolute atomic E-state index is 0.262. The molecule has 0 amide bonds. The number of hydrogen-bond acceptors (Lipinski definition) is 2. The van der Waals surface area contributed by atoms with Gasteiger partial charge in [0.05, 0.1) is 0 Å². The Hall–Kier alpha value is -0.0800. The first-order valence-electron chi connectivity index (χ1n) is 9.26. The molecule has 1 aliphatic carbocycles. The van der Waals surface area contributed by atoms with Crippen LogP contribution in [0.1, 0.15) is 73.6 Å². The second-order valence-electron chi connectivity index (χ2n) is 8.56. The average molecular weight is 297 g/mol. The van der Waals surface area contributed by atoms with Crippen molar-refractivity contribution in [1.82, 2.24) is 4.90 Å². The van der Waals surface area contributed by atoms with Crippen LogP contribution in [0, 0.1) is 23.7 Å². The van der Waals surface area contributed by atoms with Gasteiger partial charge in [-0.25, -0.2) is 0 Å². The van der Waals surface area contributed by atoms with Crippen LogP contribution >= 0.6 is 0 Å². The number of rotatable bonds is 7. The molecule has 0 aliphatic heterocycles. The zero-order chi connectivity index (χ0) is 16.0. The van der Waals surface area contributed by atoms with E-state index in [1.807, 2.05) is 0 Å². The van der Waals surface area contributed by atoms with Crippen molar-refractivity contribution in [2.24, 2.45) is 29.4 Å². The Labute approximate surface area is 133 Å². The molecule has 2 unspecified atom stereocenters. The first kappa shape index (κ1) is 19.0. The summed E-state index contributed by atoms with van der Waals surface area (Å²) in [4.78, 5) is 2.76. The maximum atomic E-state index is 6.34. The fourth-order valence-corrected chi connectivity index (χ4v) is 4.08. The molecule has 0 radical (unpaired) electrons. The molecule has 1 fully saturated rings. The number of hydrogen-bond donors (Lipinski definition) is 1. The van der Waals surface area contributed by atoms with Gasteiger partial charge in [0.2, 0.25) is 0 Å². The van der Waals surface area contributed by atoms with Crippen LogP contribution in [-0.2, 0) is 0 Å². The highest BCUT2D eigenvalue weighted by molar-refractivity contribution is 4.95. The summed E-state index contributed by atoms with van der Waals surface area (Å²) >= 11 is 0. The van der Waals surface area contributed by atoms with Crippen molar-refractivity contribution < 1.29 is 0 Å². The van der Waals surface area contributed by atoms with Crippen LogP contribution in [-0.4, -0.2) is 30.1 Å². The van der Waals surface area contributed by atoms with Gasteiger partial charge in [-0.3, -0.25) is 4.90 Å². The topological polar surface area (TPSA) is 29.3 Å². The Bertz CT molecular complexity index is 275. The molecular weight excluding hydrogens is 256 g/mol. The minimum Gasteiger partial charge on any atom is -0.329 e. The molecule has 1 rings (SSSR count). The lowest BCUT2D eigenvalue weighted by molar-refractivity contribution is 0.0529. The Morgan fingerprint density at radius 2 is 1.52 bits per heavy atom. The molecule has 1 saturated carbocycles. The lowest BCUT2D eigenvalue weighted by atomic mass is 9.84. The van der Waals surface area contributed by atoms with E-state index >= 15 is 0 Å². The predicted molar refractivity (Wildman–Crippen MR) is 94.4 cm³/mol. The predicted octanol–water partition coefficient (Wildman–Crippen LogP) is 4.53. The third-order valence-electron chi connectivity index (χ3n) is 5.36. The van der Waals surface area contributed by atoms with E-state index < -0.39 is 0 Å². The van der Waals surface area contributed by atoms with Crippen LogP contribution in [0.3, 0.4) is 0 Å². The van der Waals surface area contributed by atoms with Crippen LogP contribution in [0.2, 0.25) is 0 Å². The summed E-state index contributed by atoms with van der Waals surface area (Å²) in [6, 6.07) is 0. The van der Waals surface area contributed by atoms with Crippen molar-refractivity contribution in [1.29, 1.82) is 0 Å². The van der Waals surface area contributed by atoms with E-state index in [4.69, 9.17) is 5.73 Å². The summed E-state index contributed by atoms with van der Waals surface area (Å²) in [7, 11) is 0. The number of nitrogens with two attached hydrogens (primary N) is 1. The summed E-state index contributed by atoms with van der Waals surface area (Å²) in [6.45, 7) is 17.4. The van der Waals surface area contributed by atoms with Crippen molar-refractivity contribution in [3.05, 3.63) is 0 Å². The molecule has 2 nitrogen and oxygen atoms in total. The van der Waals surface area contributed by atoms with Crippen LogP contribution in [0.4, 0.5) is 0 Å². The normalized spacial score (nSPS) is 27.9. The zero-order valence-corrected chi connectivity index (χ0v) is 15.5. The molecule has 0 bridgehead atoms. The summed E-state index contributed by atoms with van der Waals surface area (Å²) in [5, 5.41) is 0. The molecule has 2 heteroatoms. The summed E-state index contributed by atoms with van der Waals surface area (Å²) < 4.78 is 0. The van der Waals surface area contributed by atoms with Crippen molar-refractivity contribution >= 4 is 0 Å². The van der Waals surface area contributed by atoms with Gasteiger partial charge in [-0.1, -0.05) is 54.4 Å². The van der Waals surface area contributed by atoms with Crippen LogP contribution < -0.4 is 5.73 Å². The quantitative estimate of drug-likeness (QED) is 0.699. The number of nitrogens with zero attached hydrogens (tertiary/aromatic N) is 1.